The largest absolute Gasteiger partial charge is 0.384 e. The van der Waals surface area contributed by atoms with Crippen LogP contribution in [-0.4, -0.2) is 29.4 Å². The molecule has 0 saturated carbocycles. The molecule has 4 N–H and O–H groups in total. The summed E-state index contributed by atoms with van der Waals surface area (Å²) in [6.45, 7) is 0.668. The van der Waals surface area contributed by atoms with E-state index in [1.54, 1.807) is 18.2 Å². The van der Waals surface area contributed by atoms with E-state index in [9.17, 15) is 9.59 Å². The average molecular weight is 271 g/mol. The number of carbonyl (C=O) groups is 2. The number of halogens is 1. The Morgan fingerprint density at radius 2 is 2.28 bits per heavy atom. The summed E-state index contributed by atoms with van der Waals surface area (Å²) in [5.74, 6) is -0.237. The van der Waals surface area contributed by atoms with Crippen LogP contribution in [0.25, 0.3) is 0 Å². The van der Waals surface area contributed by atoms with Gasteiger partial charge in [0.15, 0.2) is 0 Å². The Balaban J connectivity index is 0.00000162. The highest BCUT2D eigenvalue weighted by Gasteiger charge is 2.24. The van der Waals surface area contributed by atoms with E-state index in [2.05, 4.69) is 15.6 Å². The standard InChI is InChI=1S/C11H14N4O2.ClH/c12-9-5-1-3-8(14-9)11(17)15-7-4-2-6-13-10(7)16;/h1,3,5,7H,2,4,6H2,(H2,12,14)(H,13,16)(H,15,17);1H. The first-order chi connectivity index (χ1) is 8.16. The van der Waals surface area contributed by atoms with E-state index in [4.69, 9.17) is 5.73 Å². The molecule has 18 heavy (non-hydrogen) atoms. The lowest BCUT2D eigenvalue weighted by Crippen LogP contribution is -2.50. The first-order valence-electron chi connectivity index (χ1n) is 5.48. The Morgan fingerprint density at radius 1 is 1.50 bits per heavy atom. The molecule has 2 heterocycles. The lowest BCUT2D eigenvalue weighted by molar-refractivity contribution is -0.124. The highest BCUT2D eigenvalue weighted by atomic mass is 35.5. The van der Waals surface area contributed by atoms with Crippen LogP contribution in [0.1, 0.15) is 23.3 Å². The number of nitrogens with zero attached hydrogens (tertiary/aromatic N) is 1. The number of nitrogen functional groups attached to an aromatic ring is 1. The molecular formula is C11H15ClN4O2. The zero-order valence-electron chi connectivity index (χ0n) is 9.68. The van der Waals surface area contributed by atoms with Crippen molar-refractivity contribution < 1.29 is 9.59 Å². The summed E-state index contributed by atoms with van der Waals surface area (Å²) < 4.78 is 0. The highest BCUT2D eigenvalue weighted by Crippen LogP contribution is 2.05. The molecular weight excluding hydrogens is 256 g/mol. The fourth-order valence-corrected chi connectivity index (χ4v) is 1.72. The molecule has 0 spiro atoms. The number of nitrogens with two attached hydrogens (primary N) is 1. The van der Waals surface area contributed by atoms with Crippen molar-refractivity contribution in [2.75, 3.05) is 12.3 Å². The van der Waals surface area contributed by atoms with Gasteiger partial charge in [-0.25, -0.2) is 4.98 Å². The van der Waals surface area contributed by atoms with Gasteiger partial charge in [0.2, 0.25) is 5.91 Å². The number of nitrogens with one attached hydrogen (secondary N) is 2. The molecule has 1 saturated heterocycles. The van der Waals surface area contributed by atoms with Crippen LogP contribution >= 0.6 is 12.4 Å². The molecule has 0 bridgehead atoms. The van der Waals surface area contributed by atoms with Crippen molar-refractivity contribution in [2.45, 2.75) is 18.9 Å². The third-order valence-electron chi connectivity index (χ3n) is 2.59. The van der Waals surface area contributed by atoms with Gasteiger partial charge < -0.3 is 16.4 Å². The Morgan fingerprint density at radius 3 is 2.94 bits per heavy atom. The highest BCUT2D eigenvalue weighted by molar-refractivity contribution is 5.96. The fourth-order valence-electron chi connectivity index (χ4n) is 1.72. The second-order valence-corrected chi connectivity index (χ2v) is 3.91. The minimum absolute atomic E-state index is 0. The molecule has 2 amide bonds. The molecule has 1 aliphatic rings. The average Bonchev–Trinajstić information content (AvgIpc) is 2.32. The minimum Gasteiger partial charge on any atom is -0.384 e. The van der Waals surface area contributed by atoms with Gasteiger partial charge in [0.1, 0.15) is 17.6 Å². The molecule has 98 valence electrons. The van der Waals surface area contributed by atoms with E-state index >= 15 is 0 Å². The molecule has 1 atom stereocenters. The molecule has 1 aromatic heterocycles. The maximum atomic E-state index is 11.8. The SMILES string of the molecule is Cl.Nc1cccc(C(=O)NC2CCCNC2=O)n1. The summed E-state index contributed by atoms with van der Waals surface area (Å²) in [6.07, 6.45) is 1.51. The van der Waals surface area contributed by atoms with Crippen molar-refractivity contribution in [3.05, 3.63) is 23.9 Å². The van der Waals surface area contributed by atoms with Crippen molar-refractivity contribution in [1.29, 1.82) is 0 Å². The zero-order chi connectivity index (χ0) is 12.3. The number of aromatic nitrogens is 1. The molecule has 1 unspecified atom stereocenters. The molecule has 7 heteroatoms. The number of piperidine rings is 1. The van der Waals surface area contributed by atoms with Crippen molar-refractivity contribution in [2.24, 2.45) is 0 Å². The van der Waals surface area contributed by atoms with E-state index < -0.39 is 6.04 Å². The van der Waals surface area contributed by atoms with Gasteiger partial charge in [0.25, 0.3) is 5.91 Å². The maximum absolute atomic E-state index is 11.8. The Labute approximate surface area is 111 Å². The Hall–Kier alpha value is -1.82. The van der Waals surface area contributed by atoms with Crippen molar-refractivity contribution in [3.63, 3.8) is 0 Å². The first-order valence-corrected chi connectivity index (χ1v) is 5.48. The van der Waals surface area contributed by atoms with Crippen LogP contribution in [-0.2, 0) is 4.79 Å². The van der Waals surface area contributed by atoms with Crippen LogP contribution in [0.3, 0.4) is 0 Å². The van der Waals surface area contributed by atoms with Gasteiger partial charge in [0.05, 0.1) is 0 Å². The van der Waals surface area contributed by atoms with Gasteiger partial charge in [-0.05, 0) is 25.0 Å². The third kappa shape index (κ3) is 3.33. The Kier molecular flexibility index (Phi) is 4.91. The van der Waals surface area contributed by atoms with Gasteiger partial charge in [-0.15, -0.1) is 12.4 Å². The second kappa shape index (κ2) is 6.20. The lowest BCUT2D eigenvalue weighted by atomic mass is 10.1. The normalized spacial score (nSPS) is 18.4. The van der Waals surface area contributed by atoms with Crippen LogP contribution in [0, 0.1) is 0 Å². The number of amides is 2. The van der Waals surface area contributed by atoms with Crippen LogP contribution in [0.5, 0.6) is 0 Å². The monoisotopic (exact) mass is 270 g/mol. The second-order valence-electron chi connectivity index (χ2n) is 3.91. The van der Waals surface area contributed by atoms with E-state index in [1.165, 1.54) is 0 Å². The number of carbonyl (C=O) groups excluding carboxylic acids is 2. The van der Waals surface area contributed by atoms with Crippen molar-refractivity contribution in [3.8, 4) is 0 Å². The van der Waals surface area contributed by atoms with Crippen LogP contribution in [0.4, 0.5) is 5.82 Å². The summed E-state index contributed by atoms with van der Waals surface area (Å²) in [6, 6.07) is 4.34. The summed E-state index contributed by atoms with van der Waals surface area (Å²) in [7, 11) is 0. The summed E-state index contributed by atoms with van der Waals surface area (Å²) in [5, 5.41) is 5.34. The van der Waals surface area contributed by atoms with Crippen molar-refractivity contribution in [1.82, 2.24) is 15.6 Å². The van der Waals surface area contributed by atoms with Gasteiger partial charge in [-0.1, -0.05) is 6.07 Å². The molecule has 0 aromatic carbocycles. The number of hydrogen-bond donors (Lipinski definition) is 3. The lowest BCUT2D eigenvalue weighted by Gasteiger charge is -2.22. The van der Waals surface area contributed by atoms with Crippen LogP contribution < -0.4 is 16.4 Å². The summed E-state index contributed by atoms with van der Waals surface area (Å²) in [4.78, 5) is 27.2. The molecule has 0 aliphatic carbocycles. The smallest absolute Gasteiger partial charge is 0.270 e. The summed E-state index contributed by atoms with van der Waals surface area (Å²) >= 11 is 0. The van der Waals surface area contributed by atoms with Crippen LogP contribution in [0.2, 0.25) is 0 Å². The predicted octanol–water partition coefficient (Wildman–Crippen LogP) is 0.0940. The van der Waals surface area contributed by atoms with Crippen molar-refractivity contribution >= 4 is 30.0 Å². The quantitative estimate of drug-likeness (QED) is 0.710. The molecule has 2 rings (SSSR count). The minimum atomic E-state index is -0.473. The van der Waals surface area contributed by atoms with E-state index in [-0.39, 0.29) is 35.7 Å². The predicted molar refractivity (Wildman–Crippen MR) is 69.4 cm³/mol. The molecule has 1 aromatic rings. The molecule has 1 aliphatic heterocycles. The fraction of sp³-hybridized carbons (Fsp3) is 0.364. The summed E-state index contributed by atoms with van der Waals surface area (Å²) in [5.41, 5.74) is 5.71. The van der Waals surface area contributed by atoms with Gasteiger partial charge in [-0.2, -0.15) is 0 Å². The third-order valence-corrected chi connectivity index (χ3v) is 2.59. The number of rotatable bonds is 2. The van der Waals surface area contributed by atoms with Gasteiger partial charge >= 0.3 is 0 Å². The number of anilines is 1. The van der Waals surface area contributed by atoms with Gasteiger partial charge in [0, 0.05) is 6.54 Å². The maximum Gasteiger partial charge on any atom is 0.270 e. The number of pyridine rings is 1. The van der Waals surface area contributed by atoms with Gasteiger partial charge in [-0.3, -0.25) is 9.59 Å². The van der Waals surface area contributed by atoms with E-state index in [0.717, 1.165) is 6.42 Å². The Bertz CT molecular complexity index is 452. The topological polar surface area (TPSA) is 97.1 Å². The van der Waals surface area contributed by atoms with E-state index in [1.807, 2.05) is 0 Å². The van der Waals surface area contributed by atoms with E-state index in [0.29, 0.717) is 13.0 Å². The van der Waals surface area contributed by atoms with Crippen LogP contribution in [0.15, 0.2) is 18.2 Å². The molecule has 6 nitrogen and oxygen atoms in total. The zero-order valence-corrected chi connectivity index (χ0v) is 10.5. The molecule has 1 fully saturated rings. The first kappa shape index (κ1) is 14.2. The molecule has 0 radical (unpaired) electrons. The number of hydrogen-bond acceptors (Lipinski definition) is 4.